The summed E-state index contributed by atoms with van der Waals surface area (Å²) in [5.74, 6) is 0.676. The topological polar surface area (TPSA) is 51.2 Å². The lowest BCUT2D eigenvalue weighted by molar-refractivity contribution is -0.115. The first kappa shape index (κ1) is 14.9. The Morgan fingerprint density at radius 2 is 2.30 bits per heavy atom. The van der Waals surface area contributed by atoms with Crippen molar-refractivity contribution in [3.8, 4) is 5.75 Å². The molecule has 1 atom stereocenters. The van der Waals surface area contributed by atoms with E-state index in [1.165, 1.54) is 11.8 Å². The minimum Gasteiger partial charge on any atom is -0.497 e. The molecule has 1 aromatic carbocycles. The molecule has 0 unspecified atom stereocenters. The summed E-state index contributed by atoms with van der Waals surface area (Å²) < 4.78 is 6.04. The molecule has 6 heteroatoms. The van der Waals surface area contributed by atoms with Gasteiger partial charge in [0, 0.05) is 22.8 Å². The van der Waals surface area contributed by atoms with Crippen molar-refractivity contribution in [3.63, 3.8) is 0 Å². The second-order valence-electron chi connectivity index (χ2n) is 4.24. The van der Waals surface area contributed by atoms with Crippen molar-refractivity contribution in [1.29, 1.82) is 0 Å². The van der Waals surface area contributed by atoms with E-state index in [1.807, 2.05) is 37.4 Å². The molecule has 1 heterocycles. The number of aromatic nitrogens is 1. The van der Waals surface area contributed by atoms with E-state index < -0.39 is 0 Å². The Labute approximate surface area is 126 Å². The first-order valence-electron chi connectivity index (χ1n) is 6.12. The van der Waals surface area contributed by atoms with E-state index in [9.17, 15) is 4.79 Å². The summed E-state index contributed by atoms with van der Waals surface area (Å²) >= 11 is 3.03. The molecule has 2 aromatic rings. The summed E-state index contributed by atoms with van der Waals surface area (Å²) in [6.07, 6.45) is 0. The maximum absolute atomic E-state index is 12.1. The van der Waals surface area contributed by atoms with Gasteiger partial charge in [0.15, 0.2) is 4.34 Å². The molecule has 0 aliphatic heterocycles. The lowest BCUT2D eigenvalue weighted by atomic mass is 10.3. The minimum absolute atomic E-state index is 0.0453. The Balaban J connectivity index is 1.96. The summed E-state index contributed by atoms with van der Waals surface area (Å²) in [5.41, 5.74) is 1.72. The van der Waals surface area contributed by atoms with Crippen LogP contribution < -0.4 is 10.1 Å². The van der Waals surface area contributed by atoms with Gasteiger partial charge in [-0.2, -0.15) is 0 Å². The van der Waals surface area contributed by atoms with E-state index in [4.69, 9.17) is 4.74 Å². The third-order valence-electron chi connectivity index (χ3n) is 2.58. The van der Waals surface area contributed by atoms with E-state index in [0.29, 0.717) is 0 Å². The van der Waals surface area contributed by atoms with Crippen molar-refractivity contribution in [3.05, 3.63) is 35.3 Å². The summed E-state index contributed by atoms with van der Waals surface area (Å²) in [6.45, 7) is 3.82. The zero-order valence-electron chi connectivity index (χ0n) is 11.5. The molecule has 2 rings (SSSR count). The molecule has 0 radical (unpaired) electrons. The molecule has 0 saturated heterocycles. The van der Waals surface area contributed by atoms with Crippen molar-refractivity contribution in [2.75, 3.05) is 12.4 Å². The number of thioether (sulfide) groups is 1. The Hall–Kier alpha value is -1.53. The van der Waals surface area contributed by atoms with Crippen LogP contribution in [-0.4, -0.2) is 23.3 Å². The van der Waals surface area contributed by atoms with Crippen LogP contribution in [0, 0.1) is 6.92 Å². The summed E-state index contributed by atoms with van der Waals surface area (Å²) in [4.78, 5) is 16.5. The molecule has 20 heavy (non-hydrogen) atoms. The van der Waals surface area contributed by atoms with Crippen molar-refractivity contribution in [2.45, 2.75) is 23.4 Å². The van der Waals surface area contributed by atoms with Crippen LogP contribution in [0.1, 0.15) is 12.6 Å². The van der Waals surface area contributed by atoms with Gasteiger partial charge < -0.3 is 10.1 Å². The highest BCUT2D eigenvalue weighted by Crippen LogP contribution is 2.27. The lowest BCUT2D eigenvalue weighted by Crippen LogP contribution is -2.22. The number of nitrogens with zero attached hydrogens (tertiary/aromatic N) is 1. The smallest absolute Gasteiger partial charge is 0.237 e. The van der Waals surface area contributed by atoms with Crippen LogP contribution in [0.4, 0.5) is 5.69 Å². The van der Waals surface area contributed by atoms with Gasteiger partial charge in [0.2, 0.25) is 5.91 Å². The number of carbonyl (C=O) groups is 1. The normalized spacial score (nSPS) is 11.9. The van der Waals surface area contributed by atoms with E-state index in [1.54, 1.807) is 24.5 Å². The Morgan fingerprint density at radius 1 is 1.50 bits per heavy atom. The van der Waals surface area contributed by atoms with Gasteiger partial charge in [0.1, 0.15) is 5.75 Å². The van der Waals surface area contributed by atoms with Crippen LogP contribution in [0.25, 0.3) is 0 Å². The van der Waals surface area contributed by atoms with E-state index in [2.05, 4.69) is 10.3 Å². The van der Waals surface area contributed by atoms with Crippen LogP contribution in [0.3, 0.4) is 0 Å². The number of nitrogens with one attached hydrogen (secondary N) is 1. The zero-order chi connectivity index (χ0) is 14.5. The van der Waals surface area contributed by atoms with E-state index >= 15 is 0 Å². The Morgan fingerprint density at radius 3 is 2.95 bits per heavy atom. The second-order valence-corrected chi connectivity index (χ2v) is 6.68. The number of methoxy groups -OCH3 is 1. The molecule has 0 aliphatic rings. The highest BCUT2D eigenvalue weighted by molar-refractivity contribution is 8.02. The number of rotatable bonds is 5. The van der Waals surface area contributed by atoms with Crippen LogP contribution >= 0.6 is 23.1 Å². The first-order valence-corrected chi connectivity index (χ1v) is 7.88. The average Bonchev–Trinajstić information content (AvgIpc) is 2.84. The molecule has 1 amide bonds. The number of amides is 1. The molecule has 106 valence electrons. The van der Waals surface area contributed by atoms with E-state index in [0.717, 1.165) is 21.5 Å². The molecule has 0 bridgehead atoms. The van der Waals surface area contributed by atoms with Gasteiger partial charge in [-0.05, 0) is 26.0 Å². The molecule has 1 aromatic heterocycles. The van der Waals surface area contributed by atoms with Gasteiger partial charge in [-0.25, -0.2) is 4.98 Å². The summed E-state index contributed by atoms with van der Waals surface area (Å²) in [6, 6.07) is 7.32. The fourth-order valence-corrected chi connectivity index (χ4v) is 3.52. The van der Waals surface area contributed by atoms with Crippen molar-refractivity contribution in [1.82, 2.24) is 4.98 Å². The average molecular weight is 308 g/mol. The number of carbonyl (C=O) groups excluding carboxylic acids is 1. The molecular formula is C14H16N2O2S2. The largest absolute Gasteiger partial charge is 0.497 e. The number of thiazole rings is 1. The van der Waals surface area contributed by atoms with Crippen LogP contribution in [0.5, 0.6) is 5.75 Å². The van der Waals surface area contributed by atoms with Gasteiger partial charge in [0.05, 0.1) is 12.4 Å². The number of hydrogen-bond acceptors (Lipinski definition) is 5. The van der Waals surface area contributed by atoms with Gasteiger partial charge in [-0.1, -0.05) is 17.8 Å². The molecule has 0 fully saturated rings. The maximum atomic E-state index is 12.1. The second kappa shape index (κ2) is 6.76. The number of ether oxygens (including phenoxy) is 1. The molecule has 0 aliphatic carbocycles. The van der Waals surface area contributed by atoms with Crippen LogP contribution in [0.15, 0.2) is 34.0 Å². The standard InChI is InChI=1S/C14H16N2O2S2/c1-9-8-19-14(15-9)20-10(2)13(17)16-11-5-4-6-12(7-11)18-3/h4-8,10H,1-3H3,(H,16,17)/t10-/m1/s1. The lowest BCUT2D eigenvalue weighted by Gasteiger charge is -2.11. The molecule has 4 nitrogen and oxygen atoms in total. The number of hydrogen-bond donors (Lipinski definition) is 1. The number of aryl methyl sites for hydroxylation is 1. The van der Waals surface area contributed by atoms with E-state index in [-0.39, 0.29) is 11.2 Å². The quantitative estimate of drug-likeness (QED) is 0.858. The summed E-state index contributed by atoms with van der Waals surface area (Å²) in [5, 5.41) is 4.66. The fraction of sp³-hybridized carbons (Fsp3) is 0.286. The number of anilines is 1. The Bertz CT molecular complexity index is 598. The monoisotopic (exact) mass is 308 g/mol. The van der Waals surface area contributed by atoms with Crippen molar-refractivity contribution < 1.29 is 9.53 Å². The minimum atomic E-state index is -0.202. The zero-order valence-corrected chi connectivity index (χ0v) is 13.2. The molecule has 0 saturated carbocycles. The molecule has 0 spiro atoms. The third kappa shape index (κ3) is 3.98. The number of benzene rings is 1. The maximum Gasteiger partial charge on any atom is 0.237 e. The van der Waals surface area contributed by atoms with Crippen LogP contribution in [0.2, 0.25) is 0 Å². The van der Waals surface area contributed by atoms with Crippen molar-refractivity contribution in [2.24, 2.45) is 0 Å². The van der Waals surface area contributed by atoms with Gasteiger partial charge in [0.25, 0.3) is 0 Å². The highest BCUT2D eigenvalue weighted by atomic mass is 32.2. The first-order chi connectivity index (χ1) is 9.58. The van der Waals surface area contributed by atoms with Gasteiger partial charge in [-0.3, -0.25) is 4.79 Å². The molecular weight excluding hydrogens is 292 g/mol. The summed E-state index contributed by atoms with van der Waals surface area (Å²) in [7, 11) is 1.60. The SMILES string of the molecule is COc1cccc(NC(=O)[C@@H](C)Sc2nc(C)cs2)c1. The third-order valence-corrected chi connectivity index (χ3v) is 4.77. The van der Waals surface area contributed by atoms with Gasteiger partial charge >= 0.3 is 0 Å². The Kier molecular flexibility index (Phi) is 5.03. The van der Waals surface area contributed by atoms with Crippen molar-refractivity contribution >= 4 is 34.7 Å². The predicted octanol–water partition coefficient (Wildman–Crippen LogP) is 3.58. The fourth-order valence-electron chi connectivity index (χ4n) is 1.54. The predicted molar refractivity (Wildman–Crippen MR) is 83.8 cm³/mol. The highest BCUT2D eigenvalue weighted by Gasteiger charge is 2.16. The van der Waals surface area contributed by atoms with Gasteiger partial charge in [-0.15, -0.1) is 11.3 Å². The van der Waals surface area contributed by atoms with Crippen LogP contribution in [-0.2, 0) is 4.79 Å². The molecule has 1 N–H and O–H groups in total.